The molecule has 0 fully saturated rings. The van der Waals surface area contributed by atoms with E-state index in [1.54, 1.807) is 12.1 Å². The van der Waals surface area contributed by atoms with Gasteiger partial charge in [0.05, 0.1) is 22.3 Å². The number of carboxylic acids is 1. The van der Waals surface area contributed by atoms with Crippen LogP contribution >= 0.6 is 0 Å². The predicted octanol–water partition coefficient (Wildman–Crippen LogP) is 8.03. The highest BCUT2D eigenvalue weighted by Crippen LogP contribution is 2.32. The van der Waals surface area contributed by atoms with Crippen LogP contribution in [-0.4, -0.2) is 30.2 Å². The fourth-order valence-corrected chi connectivity index (χ4v) is 5.76. The number of carbonyl (C=O) groups is 1. The van der Waals surface area contributed by atoms with Crippen molar-refractivity contribution in [3.63, 3.8) is 0 Å². The number of aromatic nitrogens is 4. The average molecular weight is 535 g/mol. The molecular weight excluding hydrogens is 496 g/mol. The Balaban J connectivity index is 1.58. The Morgan fingerprint density at radius 3 is 2.30 bits per heavy atom. The molecule has 2 aromatic heterocycles. The molecule has 0 saturated heterocycles. The molecule has 3 aromatic carbocycles. The van der Waals surface area contributed by atoms with Crippen molar-refractivity contribution in [2.45, 2.75) is 73.4 Å². The van der Waals surface area contributed by atoms with Gasteiger partial charge in [-0.2, -0.15) is 0 Å². The maximum atomic E-state index is 11.7. The van der Waals surface area contributed by atoms with Gasteiger partial charge in [0.2, 0.25) is 0 Å². The molecular formula is C34H38N4O2. The van der Waals surface area contributed by atoms with Crippen LogP contribution in [0, 0.1) is 13.8 Å². The quantitative estimate of drug-likeness (QED) is 0.208. The number of hydrogen-bond donors (Lipinski definition) is 1. The van der Waals surface area contributed by atoms with Crippen molar-refractivity contribution in [2.24, 2.45) is 0 Å². The topological polar surface area (TPSA) is 72.9 Å². The Bertz CT molecular complexity index is 1690. The van der Waals surface area contributed by atoms with Gasteiger partial charge in [0.1, 0.15) is 11.6 Å². The van der Waals surface area contributed by atoms with E-state index in [-0.39, 0.29) is 0 Å². The lowest BCUT2D eigenvalue weighted by Gasteiger charge is -2.12. The second-order valence-electron chi connectivity index (χ2n) is 10.9. The molecule has 5 rings (SSSR count). The third-order valence-electron chi connectivity index (χ3n) is 7.74. The number of imidazole rings is 2. The van der Waals surface area contributed by atoms with E-state index in [1.807, 2.05) is 24.3 Å². The van der Waals surface area contributed by atoms with E-state index in [0.717, 1.165) is 75.6 Å². The van der Waals surface area contributed by atoms with Crippen LogP contribution in [0.2, 0.25) is 0 Å². The van der Waals surface area contributed by atoms with Crippen molar-refractivity contribution < 1.29 is 9.90 Å². The second-order valence-corrected chi connectivity index (χ2v) is 10.9. The van der Waals surface area contributed by atoms with Gasteiger partial charge in [-0.1, -0.05) is 63.2 Å². The van der Waals surface area contributed by atoms with Crippen LogP contribution in [0.5, 0.6) is 0 Å². The van der Waals surface area contributed by atoms with Crippen LogP contribution in [0.4, 0.5) is 0 Å². The van der Waals surface area contributed by atoms with Gasteiger partial charge in [-0.25, -0.2) is 14.8 Å². The fourth-order valence-electron chi connectivity index (χ4n) is 5.76. The summed E-state index contributed by atoms with van der Waals surface area (Å²) < 4.78 is 4.66. The van der Waals surface area contributed by atoms with Crippen LogP contribution in [0.1, 0.15) is 78.7 Å². The van der Waals surface area contributed by atoms with Gasteiger partial charge in [-0.3, -0.25) is 0 Å². The van der Waals surface area contributed by atoms with Crippen molar-refractivity contribution in [1.29, 1.82) is 0 Å². The largest absolute Gasteiger partial charge is 0.478 e. The van der Waals surface area contributed by atoms with Crippen LogP contribution in [0.15, 0.2) is 60.7 Å². The summed E-state index contributed by atoms with van der Waals surface area (Å²) >= 11 is 0. The first-order chi connectivity index (χ1) is 19.2. The lowest BCUT2D eigenvalue weighted by Crippen LogP contribution is -2.06. The molecule has 0 bridgehead atoms. The molecule has 0 radical (unpaired) electrons. The van der Waals surface area contributed by atoms with Crippen molar-refractivity contribution >= 4 is 17.0 Å². The van der Waals surface area contributed by atoms with E-state index in [4.69, 9.17) is 9.97 Å². The van der Waals surface area contributed by atoms with Gasteiger partial charge in [-0.05, 0) is 73.6 Å². The van der Waals surface area contributed by atoms with E-state index in [0.29, 0.717) is 18.0 Å². The van der Waals surface area contributed by atoms with Crippen LogP contribution < -0.4 is 0 Å². The molecule has 0 aliphatic heterocycles. The van der Waals surface area contributed by atoms with Gasteiger partial charge >= 0.3 is 5.97 Å². The van der Waals surface area contributed by atoms with Gasteiger partial charge < -0.3 is 14.2 Å². The summed E-state index contributed by atoms with van der Waals surface area (Å²) in [6.45, 7) is 14.6. The van der Waals surface area contributed by atoms with Gasteiger partial charge in [0, 0.05) is 30.8 Å². The zero-order chi connectivity index (χ0) is 28.6. The first-order valence-corrected chi connectivity index (χ1v) is 14.2. The number of nitrogens with zero attached hydrogens (tertiary/aromatic N) is 4. The lowest BCUT2D eigenvalue weighted by atomic mass is 9.98. The molecule has 1 N–H and O–H groups in total. The zero-order valence-corrected chi connectivity index (χ0v) is 24.3. The normalized spacial score (nSPS) is 11.6. The maximum Gasteiger partial charge on any atom is 0.336 e. The minimum Gasteiger partial charge on any atom is -0.478 e. The summed E-state index contributed by atoms with van der Waals surface area (Å²) in [5.41, 5.74) is 9.88. The molecule has 0 aliphatic carbocycles. The first kappa shape index (κ1) is 27.4. The second kappa shape index (κ2) is 11.1. The van der Waals surface area contributed by atoms with E-state index >= 15 is 0 Å². The fraction of sp³-hybridized carbons (Fsp3) is 0.324. The Kier molecular flexibility index (Phi) is 7.61. The summed E-state index contributed by atoms with van der Waals surface area (Å²) in [6.07, 6.45) is 1.91. The molecule has 0 amide bonds. The van der Waals surface area contributed by atoms with E-state index in [1.165, 1.54) is 5.69 Å². The maximum absolute atomic E-state index is 11.7. The number of benzene rings is 3. The molecule has 0 unspecified atom stereocenters. The minimum absolute atomic E-state index is 0.311. The van der Waals surface area contributed by atoms with Crippen LogP contribution in [0.25, 0.3) is 33.5 Å². The molecule has 0 aliphatic rings. The lowest BCUT2D eigenvalue weighted by molar-refractivity contribution is 0.0697. The molecule has 5 aromatic rings. The highest BCUT2D eigenvalue weighted by Gasteiger charge is 2.20. The molecule has 6 heteroatoms. The first-order valence-electron chi connectivity index (χ1n) is 14.2. The van der Waals surface area contributed by atoms with Crippen molar-refractivity contribution in [3.8, 4) is 22.5 Å². The number of aromatic carboxylic acids is 1. The summed E-state index contributed by atoms with van der Waals surface area (Å²) in [4.78, 5) is 21.9. The molecule has 40 heavy (non-hydrogen) atoms. The molecule has 0 atom stereocenters. The number of fused-ring (bicyclic) bond motifs is 1. The van der Waals surface area contributed by atoms with Crippen molar-refractivity contribution in [2.75, 3.05) is 0 Å². The molecule has 6 nitrogen and oxygen atoms in total. The highest BCUT2D eigenvalue weighted by molar-refractivity contribution is 5.96. The zero-order valence-electron chi connectivity index (χ0n) is 24.3. The number of aryl methyl sites for hydroxylation is 2. The van der Waals surface area contributed by atoms with Crippen LogP contribution in [-0.2, 0) is 19.5 Å². The number of rotatable bonds is 9. The number of carboxylic acid groups (broad SMARTS) is 1. The van der Waals surface area contributed by atoms with Gasteiger partial charge in [-0.15, -0.1) is 0 Å². The standard InChI is InChI=1S/C34H38N4O2/c1-7-11-30-35-32-22(5)18-26(33-36-31(21(3)4)23(6)37(33)8-2)19-29(32)38(30)20-24-14-16-25(17-15-24)27-12-9-10-13-28(27)34(39)40/h9-10,12-19,21H,7-8,11,20H2,1-6H3,(H,39,40). The molecule has 2 heterocycles. The Hall–Kier alpha value is -4.19. The highest BCUT2D eigenvalue weighted by atomic mass is 16.4. The molecule has 0 saturated carbocycles. The summed E-state index contributed by atoms with van der Waals surface area (Å²) in [5.74, 6) is 1.54. The minimum atomic E-state index is -0.917. The van der Waals surface area contributed by atoms with Crippen molar-refractivity contribution in [1.82, 2.24) is 19.1 Å². The number of hydrogen-bond acceptors (Lipinski definition) is 3. The molecule has 206 valence electrons. The monoisotopic (exact) mass is 534 g/mol. The Labute approximate surface area is 236 Å². The van der Waals surface area contributed by atoms with E-state index in [9.17, 15) is 9.90 Å². The van der Waals surface area contributed by atoms with E-state index < -0.39 is 5.97 Å². The van der Waals surface area contributed by atoms with Gasteiger partial charge in [0.15, 0.2) is 0 Å². The summed E-state index contributed by atoms with van der Waals surface area (Å²) in [6, 6.07) is 19.8. The smallest absolute Gasteiger partial charge is 0.336 e. The Morgan fingerprint density at radius 2 is 1.65 bits per heavy atom. The summed E-state index contributed by atoms with van der Waals surface area (Å²) in [5, 5.41) is 9.62. The third kappa shape index (κ3) is 4.94. The Morgan fingerprint density at radius 1 is 0.925 bits per heavy atom. The van der Waals surface area contributed by atoms with Crippen molar-refractivity contribution in [3.05, 3.63) is 94.6 Å². The van der Waals surface area contributed by atoms with E-state index in [2.05, 4.69) is 74.9 Å². The van der Waals surface area contributed by atoms with Gasteiger partial charge in [0.25, 0.3) is 0 Å². The summed E-state index contributed by atoms with van der Waals surface area (Å²) in [7, 11) is 0. The average Bonchev–Trinajstić information content (AvgIpc) is 3.46. The predicted molar refractivity (Wildman–Crippen MR) is 162 cm³/mol. The molecule has 0 spiro atoms. The SMILES string of the molecule is CCCc1nc2c(C)cc(-c3nc(C(C)C)c(C)n3CC)cc2n1Cc1ccc(-c2ccccc2C(=O)O)cc1. The van der Waals surface area contributed by atoms with Crippen LogP contribution in [0.3, 0.4) is 0 Å². The third-order valence-corrected chi connectivity index (χ3v) is 7.74.